The molecule has 2 aromatic rings. The van der Waals surface area contributed by atoms with Crippen molar-refractivity contribution in [2.75, 3.05) is 5.32 Å². The predicted molar refractivity (Wildman–Crippen MR) is 67.9 cm³/mol. The van der Waals surface area contributed by atoms with E-state index in [-0.39, 0.29) is 5.37 Å². The Kier molecular flexibility index (Phi) is 2.50. The summed E-state index contributed by atoms with van der Waals surface area (Å²) in [6.45, 7) is 0. The summed E-state index contributed by atoms with van der Waals surface area (Å²) in [6.07, 6.45) is 1.80. The van der Waals surface area contributed by atoms with E-state index in [1.165, 1.54) is 10.5 Å². The van der Waals surface area contributed by atoms with Crippen molar-refractivity contribution in [1.29, 1.82) is 0 Å². The van der Waals surface area contributed by atoms with Gasteiger partial charge < -0.3 is 5.32 Å². The van der Waals surface area contributed by atoms with Gasteiger partial charge in [0.15, 0.2) is 0 Å². The molecule has 0 amide bonds. The lowest BCUT2D eigenvalue weighted by Crippen LogP contribution is -2.01. The van der Waals surface area contributed by atoms with Gasteiger partial charge >= 0.3 is 0 Å². The quantitative estimate of drug-likeness (QED) is 0.827. The second-order valence-electron chi connectivity index (χ2n) is 3.54. The van der Waals surface area contributed by atoms with Gasteiger partial charge in [-0.3, -0.25) is 0 Å². The molecule has 1 N–H and O–H groups in total. The van der Waals surface area contributed by atoms with Crippen LogP contribution in [0.25, 0.3) is 0 Å². The number of hydrogen-bond acceptors (Lipinski definition) is 3. The monoisotopic (exact) mass is 248 g/mol. The second-order valence-corrected chi connectivity index (χ2v) is 5.13. The maximum absolute atomic E-state index is 5.87. The zero-order valence-corrected chi connectivity index (χ0v) is 9.92. The van der Waals surface area contributed by atoms with E-state index < -0.39 is 0 Å². The van der Waals surface area contributed by atoms with Crippen LogP contribution < -0.4 is 5.32 Å². The second kappa shape index (κ2) is 4.00. The molecule has 0 spiro atoms. The van der Waals surface area contributed by atoms with Gasteiger partial charge in [-0.25, -0.2) is 4.98 Å². The Morgan fingerprint density at radius 1 is 1.19 bits per heavy atom. The van der Waals surface area contributed by atoms with Crippen molar-refractivity contribution in [3.63, 3.8) is 0 Å². The van der Waals surface area contributed by atoms with Crippen molar-refractivity contribution < 1.29 is 0 Å². The molecule has 1 unspecified atom stereocenters. The summed E-state index contributed by atoms with van der Waals surface area (Å²) in [4.78, 5) is 5.49. The molecular formula is C12H9ClN2S. The minimum atomic E-state index is 0.238. The maximum atomic E-state index is 5.87. The van der Waals surface area contributed by atoms with Crippen LogP contribution in [0.2, 0.25) is 5.02 Å². The molecule has 0 bridgehead atoms. The number of thioether (sulfide) groups is 1. The van der Waals surface area contributed by atoms with E-state index in [1.54, 1.807) is 18.0 Å². The molecule has 1 atom stereocenters. The molecule has 16 heavy (non-hydrogen) atoms. The summed E-state index contributed by atoms with van der Waals surface area (Å²) in [5, 5.41) is 4.38. The van der Waals surface area contributed by atoms with Gasteiger partial charge in [0.05, 0.1) is 4.90 Å². The predicted octanol–water partition coefficient (Wildman–Crippen LogP) is 3.95. The first kappa shape index (κ1) is 10.00. The highest BCUT2D eigenvalue weighted by Gasteiger charge is 2.23. The summed E-state index contributed by atoms with van der Waals surface area (Å²) >= 11 is 7.65. The fourth-order valence-corrected chi connectivity index (χ4v) is 2.89. The number of benzene rings is 1. The number of hydrogen-bond donors (Lipinski definition) is 1. The van der Waals surface area contributed by atoms with E-state index in [4.69, 9.17) is 11.6 Å². The molecule has 0 radical (unpaired) electrons. The number of anilines is 1. The van der Waals surface area contributed by atoms with Crippen LogP contribution in [0, 0.1) is 0 Å². The molecule has 1 aliphatic rings. The van der Waals surface area contributed by atoms with Crippen molar-refractivity contribution in [2.45, 2.75) is 10.3 Å². The van der Waals surface area contributed by atoms with Gasteiger partial charge in [0.1, 0.15) is 11.2 Å². The number of rotatable bonds is 1. The van der Waals surface area contributed by atoms with E-state index in [2.05, 4.69) is 16.4 Å². The molecule has 0 aliphatic carbocycles. The van der Waals surface area contributed by atoms with Crippen molar-refractivity contribution in [2.24, 2.45) is 0 Å². The summed E-state index contributed by atoms with van der Waals surface area (Å²) in [5.74, 6) is 0.965. The molecule has 4 heteroatoms. The Morgan fingerprint density at radius 2 is 2.00 bits per heavy atom. The molecule has 3 rings (SSSR count). The Labute approximate surface area is 103 Å². The van der Waals surface area contributed by atoms with Crippen LogP contribution in [0.15, 0.2) is 47.5 Å². The topological polar surface area (TPSA) is 24.9 Å². The average Bonchev–Trinajstić information content (AvgIpc) is 2.73. The number of pyridine rings is 1. The number of aromatic nitrogens is 1. The van der Waals surface area contributed by atoms with E-state index in [0.717, 1.165) is 10.8 Å². The minimum Gasteiger partial charge on any atom is -0.353 e. The lowest BCUT2D eigenvalue weighted by Gasteiger charge is -2.09. The third-order valence-corrected chi connectivity index (χ3v) is 3.92. The standard InChI is InChI=1S/C12H9ClN2S/c13-9-5-3-8(4-6-9)12-15-11-10(16-12)2-1-7-14-11/h1-7,12H,(H,14,15). The highest BCUT2D eigenvalue weighted by atomic mass is 35.5. The van der Waals surface area contributed by atoms with Crippen LogP contribution in [-0.4, -0.2) is 4.98 Å². The molecule has 0 saturated heterocycles. The van der Waals surface area contributed by atoms with Gasteiger partial charge in [0.25, 0.3) is 0 Å². The number of nitrogens with one attached hydrogen (secondary N) is 1. The van der Waals surface area contributed by atoms with Crippen LogP contribution >= 0.6 is 23.4 Å². The number of fused-ring (bicyclic) bond motifs is 1. The summed E-state index contributed by atoms with van der Waals surface area (Å²) in [5.41, 5.74) is 1.22. The van der Waals surface area contributed by atoms with Crippen molar-refractivity contribution in [3.8, 4) is 0 Å². The van der Waals surface area contributed by atoms with Gasteiger partial charge in [-0.2, -0.15) is 0 Å². The van der Waals surface area contributed by atoms with Gasteiger partial charge in [-0.15, -0.1) is 0 Å². The summed E-state index contributed by atoms with van der Waals surface area (Å²) in [6, 6.07) is 11.9. The number of halogens is 1. The third-order valence-electron chi connectivity index (χ3n) is 2.46. The first-order valence-corrected chi connectivity index (χ1v) is 6.22. The SMILES string of the molecule is Clc1ccc(C2Nc3ncccc3S2)cc1. The fourth-order valence-electron chi connectivity index (χ4n) is 1.66. The van der Waals surface area contributed by atoms with Crippen LogP contribution in [0.4, 0.5) is 5.82 Å². The third kappa shape index (κ3) is 1.77. The summed E-state index contributed by atoms with van der Waals surface area (Å²) in [7, 11) is 0. The zero-order chi connectivity index (χ0) is 11.0. The Morgan fingerprint density at radius 3 is 2.75 bits per heavy atom. The molecule has 0 fully saturated rings. The van der Waals surface area contributed by atoms with Crippen LogP contribution in [0.5, 0.6) is 0 Å². The smallest absolute Gasteiger partial charge is 0.140 e. The van der Waals surface area contributed by atoms with E-state index in [0.29, 0.717) is 0 Å². The zero-order valence-electron chi connectivity index (χ0n) is 8.35. The average molecular weight is 249 g/mol. The normalized spacial score (nSPS) is 17.9. The van der Waals surface area contributed by atoms with Gasteiger partial charge in [-0.1, -0.05) is 35.5 Å². The molecule has 1 aromatic heterocycles. The van der Waals surface area contributed by atoms with Crippen molar-refractivity contribution in [1.82, 2.24) is 4.98 Å². The number of nitrogens with zero attached hydrogens (tertiary/aromatic N) is 1. The minimum absolute atomic E-state index is 0.238. The van der Waals surface area contributed by atoms with Crippen LogP contribution in [0.3, 0.4) is 0 Å². The first-order chi connectivity index (χ1) is 7.83. The molecule has 80 valence electrons. The fraction of sp³-hybridized carbons (Fsp3) is 0.0833. The highest BCUT2D eigenvalue weighted by Crippen LogP contribution is 2.45. The molecule has 2 heterocycles. The Hall–Kier alpha value is -1.19. The molecular weight excluding hydrogens is 240 g/mol. The van der Waals surface area contributed by atoms with Crippen molar-refractivity contribution >= 4 is 29.2 Å². The van der Waals surface area contributed by atoms with Crippen LogP contribution in [-0.2, 0) is 0 Å². The Bertz CT molecular complexity index is 488. The maximum Gasteiger partial charge on any atom is 0.140 e. The van der Waals surface area contributed by atoms with E-state index in [1.807, 2.05) is 30.3 Å². The van der Waals surface area contributed by atoms with Gasteiger partial charge in [0, 0.05) is 11.2 Å². The largest absolute Gasteiger partial charge is 0.353 e. The lowest BCUT2D eigenvalue weighted by atomic mass is 10.2. The lowest BCUT2D eigenvalue weighted by molar-refractivity contribution is 1.10. The molecule has 1 aliphatic heterocycles. The van der Waals surface area contributed by atoms with Crippen molar-refractivity contribution in [3.05, 3.63) is 53.2 Å². The van der Waals surface area contributed by atoms with E-state index >= 15 is 0 Å². The van der Waals surface area contributed by atoms with E-state index in [9.17, 15) is 0 Å². The van der Waals surface area contributed by atoms with Gasteiger partial charge in [-0.05, 0) is 29.8 Å². The van der Waals surface area contributed by atoms with Gasteiger partial charge in [0.2, 0.25) is 0 Å². The van der Waals surface area contributed by atoms with Crippen LogP contribution in [0.1, 0.15) is 10.9 Å². The molecule has 0 saturated carbocycles. The highest BCUT2D eigenvalue weighted by molar-refractivity contribution is 8.00. The Balaban J connectivity index is 1.88. The molecule has 1 aromatic carbocycles. The molecule has 2 nitrogen and oxygen atoms in total. The first-order valence-electron chi connectivity index (χ1n) is 4.96. The summed E-state index contributed by atoms with van der Waals surface area (Å²) < 4.78 is 0.